The molecule has 1 aromatic heterocycles. The number of benzene rings is 1. The third-order valence-electron chi connectivity index (χ3n) is 2.82. The van der Waals surface area contributed by atoms with Gasteiger partial charge in [0, 0.05) is 23.5 Å². The van der Waals surface area contributed by atoms with Crippen molar-refractivity contribution in [2.75, 3.05) is 37.8 Å². The van der Waals surface area contributed by atoms with Crippen LogP contribution in [0, 0.1) is 0 Å². The molecule has 0 aliphatic carbocycles. The molecule has 0 amide bonds. The molecule has 1 aromatic carbocycles. The van der Waals surface area contributed by atoms with Gasteiger partial charge in [0.05, 0.1) is 0 Å². The lowest BCUT2D eigenvalue weighted by atomic mass is 10.3. The van der Waals surface area contributed by atoms with E-state index in [1.54, 1.807) is 6.20 Å². The summed E-state index contributed by atoms with van der Waals surface area (Å²) in [5, 5.41) is 7.11. The van der Waals surface area contributed by atoms with E-state index < -0.39 is 0 Å². The molecule has 112 valence electrons. The third-order valence-corrected chi connectivity index (χ3v) is 3.06. The van der Waals surface area contributed by atoms with Gasteiger partial charge in [-0.25, -0.2) is 4.98 Å². The van der Waals surface area contributed by atoms with E-state index in [9.17, 15) is 0 Å². The van der Waals surface area contributed by atoms with Gasteiger partial charge in [0.15, 0.2) is 0 Å². The molecule has 0 unspecified atom stereocenters. The van der Waals surface area contributed by atoms with E-state index in [0.29, 0.717) is 11.0 Å². The average Bonchev–Trinajstić information content (AvgIpc) is 2.44. The summed E-state index contributed by atoms with van der Waals surface area (Å²) in [5.41, 5.74) is 0.868. The molecule has 2 N–H and O–H groups in total. The predicted octanol–water partition coefficient (Wildman–Crippen LogP) is 3.24. The summed E-state index contributed by atoms with van der Waals surface area (Å²) in [5.74, 6) is 1.36. The van der Waals surface area contributed by atoms with E-state index in [-0.39, 0.29) is 0 Å². The number of nitrogens with zero attached hydrogens (tertiary/aromatic N) is 3. The zero-order valence-corrected chi connectivity index (χ0v) is 13.1. The molecule has 0 radical (unpaired) electrons. The second kappa shape index (κ2) is 7.81. The first-order chi connectivity index (χ1) is 10.1. The van der Waals surface area contributed by atoms with Crippen LogP contribution in [0.15, 0.2) is 36.5 Å². The Morgan fingerprint density at radius 1 is 1.24 bits per heavy atom. The maximum absolute atomic E-state index is 5.96. The Balaban J connectivity index is 1.91. The minimum atomic E-state index is 0.551. The SMILES string of the molecule is CN(C)CCCNc1ccnc(Nc2cccc(Cl)c2)n1. The maximum atomic E-state index is 5.96. The highest BCUT2D eigenvalue weighted by Gasteiger charge is 2.00. The van der Waals surface area contributed by atoms with Crippen LogP contribution in [0.3, 0.4) is 0 Å². The van der Waals surface area contributed by atoms with Crippen LogP contribution in [0.25, 0.3) is 0 Å². The van der Waals surface area contributed by atoms with Gasteiger partial charge in [0.25, 0.3) is 0 Å². The molecule has 21 heavy (non-hydrogen) atoms. The lowest BCUT2D eigenvalue weighted by Crippen LogP contribution is -2.16. The summed E-state index contributed by atoms with van der Waals surface area (Å²) in [6.45, 7) is 1.93. The first-order valence-corrected chi connectivity index (χ1v) is 7.25. The molecule has 1 heterocycles. The lowest BCUT2D eigenvalue weighted by molar-refractivity contribution is 0.405. The Hall–Kier alpha value is -1.85. The van der Waals surface area contributed by atoms with Crippen molar-refractivity contribution in [1.29, 1.82) is 0 Å². The molecule has 2 rings (SSSR count). The van der Waals surface area contributed by atoms with Crippen LogP contribution in [-0.4, -0.2) is 42.1 Å². The first kappa shape index (κ1) is 15.5. The Kier molecular flexibility index (Phi) is 5.78. The molecule has 0 fully saturated rings. The van der Waals surface area contributed by atoms with Crippen LogP contribution in [0.5, 0.6) is 0 Å². The van der Waals surface area contributed by atoms with E-state index in [2.05, 4.69) is 39.6 Å². The van der Waals surface area contributed by atoms with Crippen LogP contribution in [-0.2, 0) is 0 Å². The maximum Gasteiger partial charge on any atom is 0.229 e. The molecule has 0 aliphatic rings. The lowest BCUT2D eigenvalue weighted by Gasteiger charge is -2.11. The number of aromatic nitrogens is 2. The molecule has 2 aromatic rings. The first-order valence-electron chi connectivity index (χ1n) is 6.88. The van der Waals surface area contributed by atoms with Gasteiger partial charge in [-0.1, -0.05) is 17.7 Å². The zero-order valence-electron chi connectivity index (χ0n) is 12.3. The molecule has 0 atom stereocenters. The topological polar surface area (TPSA) is 53.1 Å². The fraction of sp³-hybridized carbons (Fsp3) is 0.333. The van der Waals surface area contributed by atoms with Gasteiger partial charge in [-0.2, -0.15) is 4.98 Å². The second-order valence-corrected chi connectivity index (χ2v) is 5.42. The van der Waals surface area contributed by atoms with Crippen molar-refractivity contribution in [2.45, 2.75) is 6.42 Å². The van der Waals surface area contributed by atoms with Crippen LogP contribution in [0.1, 0.15) is 6.42 Å². The molecular weight excluding hydrogens is 286 g/mol. The number of hydrogen-bond acceptors (Lipinski definition) is 5. The van der Waals surface area contributed by atoms with Gasteiger partial charge < -0.3 is 15.5 Å². The second-order valence-electron chi connectivity index (χ2n) is 4.98. The van der Waals surface area contributed by atoms with Gasteiger partial charge >= 0.3 is 0 Å². The van der Waals surface area contributed by atoms with Crippen molar-refractivity contribution in [2.24, 2.45) is 0 Å². The Bertz CT molecular complexity index is 573. The van der Waals surface area contributed by atoms with Gasteiger partial charge in [-0.15, -0.1) is 0 Å². The van der Waals surface area contributed by atoms with Crippen LogP contribution in [0.4, 0.5) is 17.5 Å². The van der Waals surface area contributed by atoms with Crippen molar-refractivity contribution in [3.8, 4) is 0 Å². The summed E-state index contributed by atoms with van der Waals surface area (Å²) in [6.07, 6.45) is 2.79. The average molecular weight is 306 g/mol. The van der Waals surface area contributed by atoms with Gasteiger partial charge in [-0.3, -0.25) is 0 Å². The summed E-state index contributed by atoms with van der Waals surface area (Å²) in [7, 11) is 4.13. The summed E-state index contributed by atoms with van der Waals surface area (Å²) >= 11 is 5.96. The van der Waals surface area contributed by atoms with E-state index in [1.807, 2.05) is 30.3 Å². The van der Waals surface area contributed by atoms with Crippen molar-refractivity contribution < 1.29 is 0 Å². The van der Waals surface area contributed by atoms with Crippen LogP contribution < -0.4 is 10.6 Å². The standard InChI is InChI=1S/C15H20ClN5/c1-21(2)10-4-8-17-14-7-9-18-15(20-14)19-13-6-3-5-12(16)11-13/h3,5-7,9,11H,4,8,10H2,1-2H3,(H2,17,18,19,20). The summed E-state index contributed by atoms with van der Waals surface area (Å²) in [4.78, 5) is 10.8. The predicted molar refractivity (Wildman–Crippen MR) is 88.4 cm³/mol. The molecule has 0 saturated heterocycles. The fourth-order valence-electron chi connectivity index (χ4n) is 1.82. The van der Waals surface area contributed by atoms with Crippen molar-refractivity contribution in [3.63, 3.8) is 0 Å². The monoisotopic (exact) mass is 305 g/mol. The number of nitrogens with one attached hydrogen (secondary N) is 2. The zero-order chi connectivity index (χ0) is 15.1. The number of rotatable bonds is 7. The fourth-order valence-corrected chi connectivity index (χ4v) is 2.01. The van der Waals surface area contributed by atoms with E-state index in [0.717, 1.165) is 31.0 Å². The molecule has 5 nitrogen and oxygen atoms in total. The number of hydrogen-bond donors (Lipinski definition) is 2. The normalized spacial score (nSPS) is 10.7. The number of anilines is 3. The minimum Gasteiger partial charge on any atom is -0.370 e. The van der Waals surface area contributed by atoms with Crippen LogP contribution >= 0.6 is 11.6 Å². The van der Waals surface area contributed by atoms with E-state index in [1.165, 1.54) is 0 Å². The molecule has 6 heteroatoms. The van der Waals surface area contributed by atoms with E-state index in [4.69, 9.17) is 11.6 Å². The van der Waals surface area contributed by atoms with Crippen molar-refractivity contribution >= 4 is 29.1 Å². The summed E-state index contributed by atoms with van der Waals surface area (Å²) < 4.78 is 0. The molecular formula is C15H20ClN5. The highest BCUT2D eigenvalue weighted by molar-refractivity contribution is 6.30. The van der Waals surface area contributed by atoms with Gasteiger partial charge in [0.2, 0.25) is 5.95 Å². The highest BCUT2D eigenvalue weighted by Crippen LogP contribution is 2.18. The molecule has 0 saturated carbocycles. The smallest absolute Gasteiger partial charge is 0.229 e. The van der Waals surface area contributed by atoms with Gasteiger partial charge in [0.1, 0.15) is 5.82 Å². The Morgan fingerprint density at radius 3 is 2.86 bits per heavy atom. The van der Waals surface area contributed by atoms with Crippen molar-refractivity contribution in [3.05, 3.63) is 41.6 Å². The molecule has 0 aliphatic heterocycles. The highest BCUT2D eigenvalue weighted by atomic mass is 35.5. The largest absolute Gasteiger partial charge is 0.370 e. The van der Waals surface area contributed by atoms with Gasteiger partial charge in [-0.05, 0) is 51.3 Å². The minimum absolute atomic E-state index is 0.551. The van der Waals surface area contributed by atoms with Crippen molar-refractivity contribution in [1.82, 2.24) is 14.9 Å². The quantitative estimate of drug-likeness (QED) is 0.769. The Labute approximate surface area is 130 Å². The van der Waals surface area contributed by atoms with E-state index >= 15 is 0 Å². The van der Waals surface area contributed by atoms with Crippen LogP contribution in [0.2, 0.25) is 5.02 Å². The Morgan fingerprint density at radius 2 is 2.10 bits per heavy atom. The summed E-state index contributed by atoms with van der Waals surface area (Å²) in [6, 6.07) is 9.33. The third kappa shape index (κ3) is 5.57. The molecule has 0 spiro atoms. The molecule has 0 bridgehead atoms. The number of halogens is 1.